The zero-order chi connectivity index (χ0) is 20.7. The van der Waals surface area contributed by atoms with Crippen LogP contribution in [0.2, 0.25) is 0 Å². The minimum absolute atomic E-state index is 0.221. The predicted octanol–water partition coefficient (Wildman–Crippen LogP) is 4.26. The summed E-state index contributed by atoms with van der Waals surface area (Å²) >= 11 is 0. The Morgan fingerprint density at radius 2 is 1.82 bits per heavy atom. The van der Waals surface area contributed by atoms with Crippen LogP contribution in [0.4, 0.5) is 14.9 Å². The van der Waals surface area contributed by atoms with E-state index < -0.39 is 17.7 Å². The Bertz CT molecular complexity index is 833. The van der Waals surface area contributed by atoms with Gasteiger partial charge < -0.3 is 20.1 Å². The van der Waals surface area contributed by atoms with E-state index in [4.69, 9.17) is 9.47 Å². The van der Waals surface area contributed by atoms with Gasteiger partial charge in [-0.1, -0.05) is 18.2 Å². The molecule has 2 amide bonds. The van der Waals surface area contributed by atoms with Crippen molar-refractivity contribution in [2.24, 2.45) is 0 Å². The molecule has 0 aliphatic rings. The molecule has 0 unspecified atom stereocenters. The van der Waals surface area contributed by atoms with Crippen molar-refractivity contribution in [3.05, 3.63) is 59.9 Å². The zero-order valence-corrected chi connectivity index (χ0v) is 16.4. The van der Waals surface area contributed by atoms with Crippen molar-refractivity contribution in [2.75, 3.05) is 5.32 Å². The molecule has 6 nitrogen and oxygen atoms in total. The Hall–Kier alpha value is -3.09. The lowest BCUT2D eigenvalue weighted by Gasteiger charge is -2.21. The van der Waals surface area contributed by atoms with Crippen LogP contribution < -0.4 is 15.4 Å². The standard InChI is InChI=1S/C21H25FN2O4/c1-14(23-20(26)28-21(2,3)4)19(25)24-17-9-5-7-15(11-17)13-27-18-10-6-8-16(22)12-18/h5-12,14H,13H2,1-4H3,(H,23,26)(H,24,25)/t14-/m1/s1. The molecule has 0 bridgehead atoms. The number of halogens is 1. The molecule has 0 aliphatic heterocycles. The van der Waals surface area contributed by atoms with Gasteiger partial charge in [-0.2, -0.15) is 0 Å². The fraction of sp³-hybridized carbons (Fsp3) is 0.333. The van der Waals surface area contributed by atoms with Crippen molar-refractivity contribution in [2.45, 2.75) is 45.9 Å². The molecular formula is C21H25FN2O4. The third kappa shape index (κ3) is 7.26. The van der Waals surface area contributed by atoms with E-state index in [0.29, 0.717) is 11.4 Å². The van der Waals surface area contributed by atoms with Gasteiger partial charge in [0.05, 0.1) is 0 Å². The van der Waals surface area contributed by atoms with E-state index in [-0.39, 0.29) is 18.3 Å². The highest BCUT2D eigenvalue weighted by Crippen LogP contribution is 2.16. The van der Waals surface area contributed by atoms with Crippen LogP contribution in [0.3, 0.4) is 0 Å². The number of hydrogen-bond donors (Lipinski definition) is 2. The number of alkyl carbamates (subject to hydrolysis) is 1. The number of anilines is 1. The first-order valence-corrected chi connectivity index (χ1v) is 8.90. The summed E-state index contributed by atoms with van der Waals surface area (Å²) in [4.78, 5) is 24.1. The van der Waals surface area contributed by atoms with E-state index in [2.05, 4.69) is 10.6 Å². The lowest BCUT2D eigenvalue weighted by atomic mass is 10.2. The molecule has 0 radical (unpaired) electrons. The lowest BCUT2D eigenvalue weighted by molar-refractivity contribution is -0.117. The van der Waals surface area contributed by atoms with Crippen LogP contribution in [0.5, 0.6) is 5.75 Å². The van der Waals surface area contributed by atoms with Crippen molar-refractivity contribution >= 4 is 17.7 Å². The highest BCUT2D eigenvalue weighted by Gasteiger charge is 2.21. The van der Waals surface area contributed by atoms with E-state index in [1.165, 1.54) is 12.1 Å². The van der Waals surface area contributed by atoms with Crippen molar-refractivity contribution in [3.63, 3.8) is 0 Å². The number of ether oxygens (including phenoxy) is 2. The summed E-state index contributed by atoms with van der Waals surface area (Å²) in [5.74, 6) is -0.330. The summed E-state index contributed by atoms with van der Waals surface area (Å²) in [6.45, 7) is 7.02. The molecule has 2 N–H and O–H groups in total. The number of nitrogens with one attached hydrogen (secondary N) is 2. The fourth-order valence-corrected chi connectivity index (χ4v) is 2.26. The molecule has 0 spiro atoms. The second-order valence-electron chi connectivity index (χ2n) is 7.30. The van der Waals surface area contributed by atoms with Crippen molar-refractivity contribution < 1.29 is 23.5 Å². The summed E-state index contributed by atoms with van der Waals surface area (Å²) in [7, 11) is 0. The number of amides is 2. The van der Waals surface area contributed by atoms with Crippen LogP contribution in [-0.2, 0) is 16.1 Å². The maximum Gasteiger partial charge on any atom is 0.408 e. The third-order valence-corrected chi connectivity index (χ3v) is 3.52. The smallest absolute Gasteiger partial charge is 0.408 e. The Balaban J connectivity index is 1.90. The average Bonchev–Trinajstić information content (AvgIpc) is 2.58. The van der Waals surface area contributed by atoms with Crippen LogP contribution in [0.25, 0.3) is 0 Å². The number of rotatable bonds is 6. The lowest BCUT2D eigenvalue weighted by Crippen LogP contribution is -2.43. The summed E-state index contributed by atoms with van der Waals surface area (Å²) in [5.41, 5.74) is 0.717. The molecule has 2 aromatic carbocycles. The van der Waals surface area contributed by atoms with Crippen LogP contribution in [-0.4, -0.2) is 23.6 Å². The van der Waals surface area contributed by atoms with Crippen molar-refractivity contribution in [1.29, 1.82) is 0 Å². The second kappa shape index (κ2) is 9.21. The summed E-state index contributed by atoms with van der Waals surface area (Å²) in [6, 6.07) is 12.2. The van der Waals surface area contributed by atoms with Gasteiger partial charge in [0.25, 0.3) is 0 Å². The maximum atomic E-state index is 13.2. The molecule has 2 rings (SSSR count). The van der Waals surface area contributed by atoms with Crippen LogP contribution >= 0.6 is 0 Å². The molecule has 2 aromatic rings. The van der Waals surface area contributed by atoms with Crippen LogP contribution in [0, 0.1) is 5.82 Å². The van der Waals surface area contributed by atoms with E-state index in [0.717, 1.165) is 5.56 Å². The van der Waals surface area contributed by atoms with E-state index >= 15 is 0 Å². The number of benzene rings is 2. The van der Waals surface area contributed by atoms with Gasteiger partial charge in [0.15, 0.2) is 0 Å². The minimum Gasteiger partial charge on any atom is -0.489 e. The van der Waals surface area contributed by atoms with Crippen LogP contribution in [0.1, 0.15) is 33.3 Å². The minimum atomic E-state index is -0.776. The van der Waals surface area contributed by atoms with Gasteiger partial charge >= 0.3 is 6.09 Å². The molecule has 0 aromatic heterocycles. The SMILES string of the molecule is C[C@@H](NC(=O)OC(C)(C)C)C(=O)Nc1cccc(COc2cccc(F)c2)c1. The second-order valence-corrected chi connectivity index (χ2v) is 7.30. The summed E-state index contributed by atoms with van der Waals surface area (Å²) < 4.78 is 23.9. The molecule has 150 valence electrons. The van der Waals surface area contributed by atoms with Gasteiger partial charge in [-0.05, 0) is 57.5 Å². The first-order valence-electron chi connectivity index (χ1n) is 8.90. The van der Waals surface area contributed by atoms with E-state index in [9.17, 15) is 14.0 Å². The third-order valence-electron chi connectivity index (χ3n) is 3.52. The highest BCUT2D eigenvalue weighted by atomic mass is 19.1. The molecule has 28 heavy (non-hydrogen) atoms. The molecule has 0 saturated heterocycles. The van der Waals surface area contributed by atoms with E-state index in [1.54, 1.807) is 58.0 Å². The van der Waals surface area contributed by atoms with Crippen molar-refractivity contribution in [1.82, 2.24) is 5.32 Å². The monoisotopic (exact) mass is 388 g/mol. The Morgan fingerprint density at radius 1 is 1.11 bits per heavy atom. The Morgan fingerprint density at radius 3 is 2.50 bits per heavy atom. The molecule has 0 aliphatic carbocycles. The number of carbonyl (C=O) groups is 2. The van der Waals surface area contributed by atoms with Crippen molar-refractivity contribution in [3.8, 4) is 5.75 Å². The molecule has 7 heteroatoms. The van der Waals surface area contributed by atoms with Gasteiger partial charge in [-0.3, -0.25) is 4.79 Å². The normalized spacial score (nSPS) is 12.0. The first kappa shape index (κ1) is 21.2. The molecule has 1 atom stereocenters. The number of carbonyl (C=O) groups excluding carboxylic acids is 2. The van der Waals surface area contributed by atoms with Gasteiger partial charge in [-0.15, -0.1) is 0 Å². The van der Waals surface area contributed by atoms with Gasteiger partial charge in [0.1, 0.15) is 29.8 Å². The predicted molar refractivity (Wildman–Crippen MR) is 105 cm³/mol. The van der Waals surface area contributed by atoms with E-state index in [1.807, 2.05) is 6.07 Å². The summed E-state index contributed by atoms with van der Waals surface area (Å²) in [5, 5.41) is 5.22. The number of hydrogen-bond acceptors (Lipinski definition) is 4. The highest BCUT2D eigenvalue weighted by molar-refractivity contribution is 5.96. The Labute approximate surface area is 164 Å². The van der Waals surface area contributed by atoms with Gasteiger partial charge in [-0.25, -0.2) is 9.18 Å². The topological polar surface area (TPSA) is 76.7 Å². The van der Waals surface area contributed by atoms with Gasteiger partial charge in [0.2, 0.25) is 5.91 Å². The summed E-state index contributed by atoms with van der Waals surface area (Å²) in [6.07, 6.45) is -0.660. The fourth-order valence-electron chi connectivity index (χ4n) is 2.26. The average molecular weight is 388 g/mol. The van der Waals surface area contributed by atoms with Crippen LogP contribution in [0.15, 0.2) is 48.5 Å². The maximum absolute atomic E-state index is 13.2. The largest absolute Gasteiger partial charge is 0.489 e. The molecule has 0 fully saturated rings. The Kier molecular flexibility index (Phi) is 6.98. The first-order chi connectivity index (χ1) is 13.1. The zero-order valence-electron chi connectivity index (χ0n) is 16.4. The van der Waals surface area contributed by atoms with Gasteiger partial charge in [0, 0.05) is 11.8 Å². The molecular weight excluding hydrogens is 363 g/mol. The molecule has 0 heterocycles. The molecule has 0 saturated carbocycles. The quantitative estimate of drug-likeness (QED) is 0.775.